The van der Waals surface area contributed by atoms with Crippen LogP contribution < -0.4 is 0 Å². The van der Waals surface area contributed by atoms with Gasteiger partial charge in [-0.1, -0.05) is 12.1 Å². The lowest BCUT2D eigenvalue weighted by Gasteiger charge is -2.34. The van der Waals surface area contributed by atoms with Crippen LogP contribution in [0.2, 0.25) is 0 Å². The lowest BCUT2D eigenvalue weighted by molar-refractivity contribution is -0.131. The van der Waals surface area contributed by atoms with Crippen molar-refractivity contribution >= 4 is 27.7 Å². The number of aryl methyl sites for hydroxylation is 2. The number of halogens is 1. The smallest absolute Gasteiger partial charge is 0.243 e. The minimum atomic E-state index is -3.74. The van der Waals surface area contributed by atoms with Crippen LogP contribution in [-0.2, 0) is 14.8 Å². The summed E-state index contributed by atoms with van der Waals surface area (Å²) < 4.78 is 40.0. The third kappa shape index (κ3) is 5.38. The van der Waals surface area contributed by atoms with Crippen LogP contribution in [-0.4, -0.2) is 55.5 Å². The number of nitrogens with zero attached hydrogens (tertiary/aromatic N) is 2. The summed E-state index contributed by atoms with van der Waals surface area (Å²) in [4.78, 5) is 15.3. The molecular weight excluding hydrogens is 411 g/mol. The van der Waals surface area contributed by atoms with E-state index in [-0.39, 0.29) is 23.9 Å². The zero-order valence-electron chi connectivity index (χ0n) is 16.6. The Morgan fingerprint density at radius 2 is 1.76 bits per heavy atom. The summed E-state index contributed by atoms with van der Waals surface area (Å²) in [6, 6.07) is 11.3. The van der Waals surface area contributed by atoms with Gasteiger partial charge >= 0.3 is 0 Å². The van der Waals surface area contributed by atoms with Crippen LogP contribution in [0, 0.1) is 19.7 Å². The molecule has 1 saturated heterocycles. The van der Waals surface area contributed by atoms with E-state index in [9.17, 15) is 17.6 Å². The Labute approximate surface area is 175 Å². The number of thioether (sulfide) groups is 1. The largest absolute Gasteiger partial charge is 0.340 e. The summed E-state index contributed by atoms with van der Waals surface area (Å²) >= 11 is 1.65. The summed E-state index contributed by atoms with van der Waals surface area (Å²) in [6.45, 7) is 5.27. The number of hydrogen-bond donors (Lipinski definition) is 0. The summed E-state index contributed by atoms with van der Waals surface area (Å²) in [5.41, 5.74) is 2.48. The Kier molecular flexibility index (Phi) is 6.97. The number of rotatable bonds is 6. The quantitative estimate of drug-likeness (QED) is 0.651. The highest BCUT2D eigenvalue weighted by Crippen LogP contribution is 2.23. The second kappa shape index (κ2) is 9.28. The van der Waals surface area contributed by atoms with E-state index in [4.69, 9.17) is 0 Å². The molecule has 2 aromatic rings. The van der Waals surface area contributed by atoms with E-state index in [1.807, 2.05) is 0 Å². The highest BCUT2D eigenvalue weighted by atomic mass is 32.2. The van der Waals surface area contributed by atoms with Crippen LogP contribution in [0.3, 0.4) is 0 Å². The summed E-state index contributed by atoms with van der Waals surface area (Å²) in [5, 5.41) is 0. The summed E-state index contributed by atoms with van der Waals surface area (Å²) in [7, 11) is -3.74. The third-order valence-electron chi connectivity index (χ3n) is 5.09. The van der Waals surface area contributed by atoms with Crippen molar-refractivity contribution in [1.29, 1.82) is 0 Å². The van der Waals surface area contributed by atoms with Crippen molar-refractivity contribution in [1.82, 2.24) is 9.21 Å². The zero-order chi connectivity index (χ0) is 21.0. The molecule has 0 unspecified atom stereocenters. The molecule has 0 atom stereocenters. The number of amides is 1. The maximum Gasteiger partial charge on any atom is 0.243 e. The van der Waals surface area contributed by atoms with Crippen LogP contribution in [0.25, 0.3) is 0 Å². The molecule has 0 aromatic heterocycles. The fraction of sp³-hybridized carbons (Fsp3) is 0.381. The van der Waals surface area contributed by atoms with Gasteiger partial charge in [0.05, 0.1) is 4.90 Å². The molecule has 0 radical (unpaired) electrons. The van der Waals surface area contributed by atoms with E-state index in [2.05, 4.69) is 32.0 Å². The minimum absolute atomic E-state index is 0.0316. The fourth-order valence-corrected chi connectivity index (χ4v) is 5.56. The molecule has 2 aromatic carbocycles. The average Bonchev–Trinajstić information content (AvgIpc) is 2.70. The van der Waals surface area contributed by atoms with E-state index >= 15 is 0 Å². The Bertz CT molecular complexity index is 987. The summed E-state index contributed by atoms with van der Waals surface area (Å²) in [5.74, 6) is 0.133. The van der Waals surface area contributed by atoms with E-state index < -0.39 is 15.8 Å². The van der Waals surface area contributed by atoms with E-state index in [1.54, 1.807) is 16.7 Å². The first-order valence-electron chi connectivity index (χ1n) is 9.51. The van der Waals surface area contributed by atoms with Gasteiger partial charge < -0.3 is 4.90 Å². The first-order chi connectivity index (χ1) is 13.8. The molecule has 0 N–H and O–H groups in total. The summed E-state index contributed by atoms with van der Waals surface area (Å²) in [6.07, 6.45) is 0.411. The predicted molar refractivity (Wildman–Crippen MR) is 113 cm³/mol. The predicted octanol–water partition coefficient (Wildman–Crippen LogP) is 3.46. The van der Waals surface area contributed by atoms with Gasteiger partial charge in [-0.2, -0.15) is 4.31 Å². The standard InChI is InChI=1S/C21H25FN2O3S2/c1-16-6-7-19(14-17(16)2)28-13-8-21(25)23-9-11-24(12-10-23)29(26,27)20-5-3-4-18(22)15-20/h3-7,14-15H,8-13H2,1-2H3. The Hall–Kier alpha value is -1.90. The van der Waals surface area contributed by atoms with Crippen molar-refractivity contribution in [3.63, 3.8) is 0 Å². The first kappa shape index (κ1) is 21.8. The van der Waals surface area contributed by atoms with Gasteiger partial charge in [-0.25, -0.2) is 12.8 Å². The van der Waals surface area contributed by atoms with Gasteiger partial charge in [-0.05, 0) is 55.3 Å². The molecule has 1 aliphatic heterocycles. The van der Waals surface area contributed by atoms with Crippen molar-refractivity contribution in [2.45, 2.75) is 30.1 Å². The number of carbonyl (C=O) groups excluding carboxylic acids is 1. The van der Waals surface area contributed by atoms with Gasteiger partial charge in [0.25, 0.3) is 0 Å². The Balaban J connectivity index is 1.49. The maximum atomic E-state index is 13.4. The third-order valence-corrected chi connectivity index (χ3v) is 7.98. The molecule has 0 saturated carbocycles. The fourth-order valence-electron chi connectivity index (χ4n) is 3.17. The maximum absolute atomic E-state index is 13.4. The lowest BCUT2D eigenvalue weighted by atomic mass is 10.1. The van der Waals surface area contributed by atoms with Crippen LogP contribution in [0.5, 0.6) is 0 Å². The first-order valence-corrected chi connectivity index (χ1v) is 11.9. The van der Waals surface area contributed by atoms with E-state index in [0.29, 0.717) is 25.3 Å². The molecule has 0 spiro atoms. The van der Waals surface area contributed by atoms with E-state index in [1.165, 1.54) is 33.6 Å². The number of carbonyl (C=O) groups is 1. The molecule has 29 heavy (non-hydrogen) atoms. The molecule has 0 aliphatic carbocycles. The normalized spacial score (nSPS) is 15.5. The van der Waals surface area contributed by atoms with Crippen molar-refractivity contribution in [3.8, 4) is 0 Å². The van der Waals surface area contributed by atoms with Crippen LogP contribution >= 0.6 is 11.8 Å². The second-order valence-corrected chi connectivity index (χ2v) is 10.2. The molecule has 156 valence electrons. The molecule has 1 amide bonds. The molecule has 1 fully saturated rings. The van der Waals surface area contributed by atoms with Crippen molar-refractivity contribution in [3.05, 3.63) is 59.4 Å². The minimum Gasteiger partial charge on any atom is -0.340 e. The van der Waals surface area contributed by atoms with Gasteiger partial charge in [0.2, 0.25) is 15.9 Å². The molecule has 3 rings (SSSR count). The van der Waals surface area contributed by atoms with Crippen LogP contribution in [0.4, 0.5) is 4.39 Å². The highest BCUT2D eigenvalue weighted by molar-refractivity contribution is 7.99. The number of benzene rings is 2. The average molecular weight is 437 g/mol. The van der Waals surface area contributed by atoms with Gasteiger partial charge in [0, 0.05) is 43.2 Å². The number of sulfonamides is 1. The molecule has 8 heteroatoms. The molecule has 1 heterocycles. The SMILES string of the molecule is Cc1ccc(SCCC(=O)N2CCN(S(=O)(=O)c3cccc(F)c3)CC2)cc1C. The van der Waals surface area contributed by atoms with Crippen molar-refractivity contribution < 1.29 is 17.6 Å². The monoisotopic (exact) mass is 436 g/mol. The number of hydrogen-bond acceptors (Lipinski definition) is 4. The topological polar surface area (TPSA) is 57.7 Å². The van der Waals surface area contributed by atoms with Crippen LogP contribution in [0.15, 0.2) is 52.3 Å². The Morgan fingerprint density at radius 3 is 2.41 bits per heavy atom. The van der Waals surface area contributed by atoms with Gasteiger partial charge in [0.1, 0.15) is 5.82 Å². The van der Waals surface area contributed by atoms with Crippen LogP contribution in [0.1, 0.15) is 17.5 Å². The van der Waals surface area contributed by atoms with Gasteiger partial charge in [-0.3, -0.25) is 4.79 Å². The van der Waals surface area contributed by atoms with Gasteiger partial charge in [0.15, 0.2) is 0 Å². The van der Waals surface area contributed by atoms with Crippen molar-refractivity contribution in [2.75, 3.05) is 31.9 Å². The highest BCUT2D eigenvalue weighted by Gasteiger charge is 2.30. The number of piperazine rings is 1. The second-order valence-electron chi connectivity index (χ2n) is 7.09. The lowest BCUT2D eigenvalue weighted by Crippen LogP contribution is -2.50. The molecule has 5 nitrogen and oxygen atoms in total. The van der Waals surface area contributed by atoms with Crippen molar-refractivity contribution in [2.24, 2.45) is 0 Å². The zero-order valence-corrected chi connectivity index (χ0v) is 18.2. The Morgan fingerprint density at radius 1 is 1.03 bits per heavy atom. The molecule has 0 bridgehead atoms. The van der Waals surface area contributed by atoms with Gasteiger partial charge in [-0.15, -0.1) is 11.8 Å². The molecule has 1 aliphatic rings. The van der Waals surface area contributed by atoms with E-state index in [0.717, 1.165) is 11.0 Å². The molecular formula is C21H25FN2O3S2.